The van der Waals surface area contributed by atoms with Crippen LogP contribution in [0.2, 0.25) is 0 Å². The molecule has 3 aromatic rings. The Bertz CT molecular complexity index is 1050. The van der Waals surface area contributed by atoms with Gasteiger partial charge < -0.3 is 4.90 Å². The predicted octanol–water partition coefficient (Wildman–Crippen LogP) is 2.74. The van der Waals surface area contributed by atoms with Gasteiger partial charge in [0.2, 0.25) is 0 Å². The number of piperidine rings is 1. The van der Waals surface area contributed by atoms with E-state index >= 15 is 0 Å². The average Bonchev–Trinajstić information content (AvgIpc) is 3.31. The molecule has 0 bridgehead atoms. The molecule has 0 saturated carbocycles. The highest BCUT2D eigenvalue weighted by atomic mass is 32.1. The largest absolute Gasteiger partial charge is 0.338 e. The van der Waals surface area contributed by atoms with Crippen LogP contribution in [0.5, 0.6) is 0 Å². The molecule has 3 aromatic heterocycles. The lowest BCUT2D eigenvalue weighted by atomic mass is 9.93. The van der Waals surface area contributed by atoms with Crippen molar-refractivity contribution in [3.63, 3.8) is 0 Å². The highest BCUT2D eigenvalue weighted by Crippen LogP contribution is 2.29. The molecule has 8 heteroatoms. The first-order chi connectivity index (χ1) is 13.4. The summed E-state index contributed by atoms with van der Waals surface area (Å²) in [6.45, 7) is 5.11. The minimum absolute atomic E-state index is 0.00328. The van der Waals surface area contributed by atoms with E-state index in [2.05, 4.69) is 17.1 Å². The maximum atomic E-state index is 12.9. The van der Waals surface area contributed by atoms with Gasteiger partial charge in [-0.15, -0.1) is 11.3 Å². The summed E-state index contributed by atoms with van der Waals surface area (Å²) in [6.07, 6.45) is 2.47. The quantitative estimate of drug-likeness (QED) is 0.681. The van der Waals surface area contributed by atoms with Crippen LogP contribution in [0.1, 0.15) is 35.4 Å². The first-order valence-corrected chi connectivity index (χ1v) is 10.3. The fraction of sp³-hybridized carbons (Fsp3) is 0.400. The van der Waals surface area contributed by atoms with E-state index in [-0.39, 0.29) is 23.4 Å². The van der Waals surface area contributed by atoms with Gasteiger partial charge in [-0.3, -0.25) is 14.3 Å². The van der Waals surface area contributed by atoms with Gasteiger partial charge in [0.25, 0.3) is 11.5 Å². The topological polar surface area (TPSA) is 73.0 Å². The molecule has 1 amide bonds. The first-order valence-electron chi connectivity index (χ1n) is 9.37. The molecule has 0 aliphatic carbocycles. The fourth-order valence-electron chi connectivity index (χ4n) is 3.88. The molecule has 0 aromatic carbocycles. The second-order valence-corrected chi connectivity index (χ2v) is 8.31. The molecule has 0 unspecified atom stereocenters. The molecule has 1 saturated heterocycles. The van der Waals surface area contributed by atoms with Gasteiger partial charge in [-0.1, -0.05) is 13.0 Å². The summed E-state index contributed by atoms with van der Waals surface area (Å²) < 4.78 is 3.27. The van der Waals surface area contributed by atoms with Crippen molar-refractivity contribution < 1.29 is 4.79 Å². The van der Waals surface area contributed by atoms with E-state index in [0.29, 0.717) is 25.1 Å². The zero-order valence-electron chi connectivity index (χ0n) is 16.2. The number of rotatable bonds is 3. The van der Waals surface area contributed by atoms with Crippen LogP contribution in [0.4, 0.5) is 0 Å². The number of hydrogen-bond acceptors (Lipinski definition) is 5. The monoisotopic (exact) mass is 397 g/mol. The fourth-order valence-corrected chi connectivity index (χ4v) is 4.57. The lowest BCUT2D eigenvalue weighted by molar-refractivity contribution is 0.0607. The third kappa shape index (κ3) is 3.40. The Labute approximate surface area is 167 Å². The highest BCUT2D eigenvalue weighted by Gasteiger charge is 2.32. The second kappa shape index (κ2) is 7.35. The van der Waals surface area contributed by atoms with Crippen LogP contribution >= 0.6 is 11.3 Å². The van der Waals surface area contributed by atoms with Gasteiger partial charge >= 0.3 is 0 Å². The van der Waals surface area contributed by atoms with E-state index in [1.807, 2.05) is 36.4 Å². The summed E-state index contributed by atoms with van der Waals surface area (Å²) in [5.74, 6) is 0.127. The Morgan fingerprint density at radius 2 is 2.07 bits per heavy atom. The van der Waals surface area contributed by atoms with Gasteiger partial charge in [0.1, 0.15) is 5.69 Å². The lowest BCUT2D eigenvalue weighted by Gasteiger charge is -2.37. The van der Waals surface area contributed by atoms with Gasteiger partial charge in [0.05, 0.1) is 22.2 Å². The molecule has 0 spiro atoms. The molecule has 7 nitrogen and oxygen atoms in total. The number of amides is 1. The number of likely N-dealkylation sites (tertiary alicyclic amines) is 1. The van der Waals surface area contributed by atoms with Gasteiger partial charge in [-0.2, -0.15) is 10.2 Å². The number of carbonyl (C=O) groups is 1. The van der Waals surface area contributed by atoms with Gasteiger partial charge in [-0.25, -0.2) is 4.68 Å². The minimum atomic E-state index is -0.0972. The summed E-state index contributed by atoms with van der Waals surface area (Å²) in [5, 5.41) is 10.9. The van der Waals surface area contributed by atoms with E-state index in [1.54, 1.807) is 39.0 Å². The molecule has 2 atom stereocenters. The summed E-state index contributed by atoms with van der Waals surface area (Å²) >= 11 is 1.60. The third-order valence-electron chi connectivity index (χ3n) is 5.30. The number of carbonyl (C=O) groups excluding carboxylic acids is 1. The molecule has 1 aliphatic heterocycles. The van der Waals surface area contributed by atoms with E-state index < -0.39 is 0 Å². The van der Waals surface area contributed by atoms with E-state index in [1.165, 1.54) is 0 Å². The van der Waals surface area contributed by atoms with Crippen molar-refractivity contribution in [2.45, 2.75) is 26.3 Å². The van der Waals surface area contributed by atoms with Gasteiger partial charge in [0, 0.05) is 32.4 Å². The van der Waals surface area contributed by atoms with Crippen LogP contribution in [0.3, 0.4) is 0 Å². The Balaban J connectivity index is 1.55. The van der Waals surface area contributed by atoms with E-state index in [4.69, 9.17) is 0 Å². The smallest absolute Gasteiger partial charge is 0.267 e. The molecule has 28 heavy (non-hydrogen) atoms. The molecular weight excluding hydrogens is 374 g/mol. The molecule has 4 rings (SSSR count). The molecule has 0 N–H and O–H groups in total. The van der Waals surface area contributed by atoms with Crippen molar-refractivity contribution in [1.82, 2.24) is 24.5 Å². The number of aryl methyl sites for hydroxylation is 2. The molecular formula is C20H23N5O2S. The number of thiophene rings is 1. The van der Waals surface area contributed by atoms with Crippen LogP contribution in [0.25, 0.3) is 10.6 Å². The minimum Gasteiger partial charge on any atom is -0.338 e. The SMILES string of the molecule is Cc1nn(C)cc1C(=O)N1CC[C@@H](n2nc(-c3cccs3)ccc2=O)[C@@H](C)C1. The average molecular weight is 398 g/mol. The van der Waals surface area contributed by atoms with Crippen molar-refractivity contribution in [1.29, 1.82) is 0 Å². The normalized spacial score (nSPS) is 19.8. The van der Waals surface area contributed by atoms with Crippen LogP contribution in [0.15, 0.2) is 40.6 Å². The Morgan fingerprint density at radius 3 is 2.71 bits per heavy atom. The number of nitrogens with zero attached hydrogens (tertiary/aromatic N) is 5. The van der Waals surface area contributed by atoms with Crippen molar-refractivity contribution in [3.8, 4) is 10.6 Å². The molecule has 1 fully saturated rings. The van der Waals surface area contributed by atoms with Crippen LogP contribution in [-0.2, 0) is 7.05 Å². The van der Waals surface area contributed by atoms with Crippen molar-refractivity contribution in [2.24, 2.45) is 13.0 Å². The van der Waals surface area contributed by atoms with Crippen molar-refractivity contribution in [2.75, 3.05) is 13.1 Å². The van der Waals surface area contributed by atoms with Crippen LogP contribution < -0.4 is 5.56 Å². The summed E-state index contributed by atoms with van der Waals surface area (Å²) in [7, 11) is 1.82. The maximum absolute atomic E-state index is 12.9. The first kappa shape index (κ1) is 18.6. The van der Waals surface area contributed by atoms with Crippen LogP contribution in [-0.4, -0.2) is 43.5 Å². The summed E-state index contributed by atoms with van der Waals surface area (Å²) in [4.78, 5) is 28.3. The van der Waals surface area contributed by atoms with Gasteiger partial charge in [0.15, 0.2) is 0 Å². The lowest BCUT2D eigenvalue weighted by Crippen LogP contribution is -2.45. The van der Waals surface area contributed by atoms with Crippen LogP contribution in [0, 0.1) is 12.8 Å². The number of aromatic nitrogens is 4. The third-order valence-corrected chi connectivity index (χ3v) is 6.20. The van der Waals surface area contributed by atoms with Gasteiger partial charge in [-0.05, 0) is 36.8 Å². The Hall–Kier alpha value is -2.74. The zero-order valence-corrected chi connectivity index (χ0v) is 17.0. The van der Waals surface area contributed by atoms with Crippen molar-refractivity contribution >= 4 is 17.2 Å². The molecule has 4 heterocycles. The Morgan fingerprint density at radius 1 is 1.25 bits per heavy atom. The van der Waals surface area contributed by atoms with Crippen molar-refractivity contribution in [3.05, 3.63) is 57.5 Å². The van der Waals surface area contributed by atoms with E-state index in [9.17, 15) is 9.59 Å². The van der Waals surface area contributed by atoms with E-state index in [0.717, 1.165) is 16.3 Å². The highest BCUT2D eigenvalue weighted by molar-refractivity contribution is 7.13. The summed E-state index contributed by atoms with van der Waals surface area (Å²) in [6, 6.07) is 7.32. The second-order valence-electron chi connectivity index (χ2n) is 7.37. The molecule has 146 valence electrons. The zero-order chi connectivity index (χ0) is 19.8. The maximum Gasteiger partial charge on any atom is 0.267 e. The predicted molar refractivity (Wildman–Crippen MR) is 108 cm³/mol. The number of hydrogen-bond donors (Lipinski definition) is 0. The molecule has 1 aliphatic rings. The molecule has 0 radical (unpaired) electrons. The summed E-state index contributed by atoms with van der Waals surface area (Å²) in [5.41, 5.74) is 2.10. The Kier molecular flexibility index (Phi) is 4.89. The standard InChI is InChI=1S/C20H23N5O2S/c1-13-11-24(20(27)15-12-23(3)21-14(15)2)9-8-17(13)25-19(26)7-6-16(22-25)18-5-4-10-28-18/h4-7,10,12-13,17H,8-9,11H2,1-3H3/t13-,17+/m0/s1.